The Morgan fingerprint density at radius 3 is 2.06 bits per heavy atom. The lowest BCUT2D eigenvalue weighted by atomic mass is 10.0. The quantitative estimate of drug-likeness (QED) is 0.193. The molecule has 242 valence electrons. The summed E-state index contributed by atoms with van der Waals surface area (Å²) in [5.41, 5.74) is 6.99. The number of para-hydroxylation sites is 1. The number of hydrogen-bond acceptors (Lipinski definition) is 5. The summed E-state index contributed by atoms with van der Waals surface area (Å²) in [6.45, 7) is 0. The van der Waals surface area contributed by atoms with E-state index in [0.29, 0.717) is 0 Å². The molecule has 1 aliphatic heterocycles. The van der Waals surface area contributed by atoms with Crippen molar-refractivity contribution in [1.82, 2.24) is 15.2 Å². The SMILES string of the molecule is c1ccc(C2N=C(c3ccc4c(c3)c3ccccc3n4-c3ccc4c(c3)sc3ccccc34)NC(c3cccc4c3sc3ccccc34)N2)cc1. The maximum atomic E-state index is 5.32. The molecule has 4 nitrogen and oxygen atoms in total. The molecule has 6 heteroatoms. The molecule has 11 rings (SSSR count). The van der Waals surface area contributed by atoms with E-state index in [-0.39, 0.29) is 12.3 Å². The first-order chi connectivity index (χ1) is 25.3. The lowest BCUT2D eigenvalue weighted by molar-refractivity contribution is 0.411. The van der Waals surface area contributed by atoms with Gasteiger partial charge in [-0.05, 0) is 54.1 Å². The van der Waals surface area contributed by atoms with E-state index in [1.807, 2.05) is 22.7 Å². The molecule has 0 amide bonds. The molecule has 0 saturated carbocycles. The van der Waals surface area contributed by atoms with E-state index in [9.17, 15) is 0 Å². The van der Waals surface area contributed by atoms with Crippen molar-refractivity contribution in [2.45, 2.75) is 12.3 Å². The van der Waals surface area contributed by atoms with Crippen LogP contribution in [0.2, 0.25) is 0 Å². The smallest absolute Gasteiger partial charge is 0.131 e. The summed E-state index contributed by atoms with van der Waals surface area (Å²) in [5.74, 6) is 0.885. The fraction of sp³-hybridized carbons (Fsp3) is 0.0444. The van der Waals surface area contributed by atoms with Crippen LogP contribution < -0.4 is 10.6 Å². The standard InChI is InChI=1S/C45H30N4S2/c1-2-11-27(12-3-1)43-46-44(48-45(47-43)35-17-10-16-34-32-15-6-9-20-40(32)51-42(34)35)28-21-24-38-36(25-28)30-13-4-7-18-37(30)49(38)29-22-23-33-31-14-5-8-19-39(31)50-41(33)26-29/h1-26,43,45,47H,(H,46,48). The van der Waals surface area contributed by atoms with Crippen molar-refractivity contribution in [2.24, 2.45) is 4.99 Å². The van der Waals surface area contributed by atoms with Crippen molar-refractivity contribution in [2.75, 3.05) is 0 Å². The lowest BCUT2D eigenvalue weighted by Gasteiger charge is -2.32. The van der Waals surface area contributed by atoms with E-state index < -0.39 is 0 Å². The number of nitrogens with one attached hydrogen (secondary N) is 2. The number of fused-ring (bicyclic) bond motifs is 9. The summed E-state index contributed by atoms with van der Waals surface area (Å²) in [4.78, 5) is 5.32. The van der Waals surface area contributed by atoms with Gasteiger partial charge in [-0.25, -0.2) is 4.99 Å². The van der Waals surface area contributed by atoms with Crippen LogP contribution in [0.3, 0.4) is 0 Å². The molecule has 3 aromatic heterocycles. The van der Waals surface area contributed by atoms with Crippen molar-refractivity contribution in [1.29, 1.82) is 0 Å². The van der Waals surface area contributed by atoms with E-state index in [1.165, 1.54) is 73.4 Å². The van der Waals surface area contributed by atoms with Crippen LogP contribution in [0, 0.1) is 0 Å². The Morgan fingerprint density at radius 2 is 1.20 bits per heavy atom. The highest BCUT2D eigenvalue weighted by Gasteiger charge is 2.28. The van der Waals surface area contributed by atoms with Gasteiger partial charge in [0.1, 0.15) is 18.2 Å². The van der Waals surface area contributed by atoms with Gasteiger partial charge in [0.25, 0.3) is 0 Å². The molecule has 0 bridgehead atoms. The third-order valence-corrected chi connectivity index (χ3v) is 12.7. The van der Waals surface area contributed by atoms with E-state index in [2.05, 4.69) is 173 Å². The molecule has 4 heterocycles. The molecule has 0 spiro atoms. The van der Waals surface area contributed by atoms with Crippen molar-refractivity contribution < 1.29 is 0 Å². The maximum Gasteiger partial charge on any atom is 0.131 e. The minimum absolute atomic E-state index is 0.135. The molecular formula is C45H30N4S2. The minimum atomic E-state index is -0.206. The first kappa shape index (κ1) is 29.0. The Labute approximate surface area is 301 Å². The predicted molar refractivity (Wildman–Crippen MR) is 218 cm³/mol. The van der Waals surface area contributed by atoms with E-state index >= 15 is 0 Å². The Balaban J connectivity index is 1.06. The fourth-order valence-corrected chi connectivity index (χ4v) is 10.3. The van der Waals surface area contributed by atoms with Crippen LogP contribution in [-0.2, 0) is 0 Å². The zero-order chi connectivity index (χ0) is 33.5. The number of rotatable bonds is 4. The van der Waals surface area contributed by atoms with E-state index in [1.54, 1.807) is 0 Å². The Kier molecular flexibility index (Phi) is 6.46. The summed E-state index contributed by atoms with van der Waals surface area (Å²) in [6.07, 6.45) is -0.341. The van der Waals surface area contributed by atoms with Gasteiger partial charge in [0.15, 0.2) is 0 Å². The summed E-state index contributed by atoms with van der Waals surface area (Å²) < 4.78 is 7.63. The van der Waals surface area contributed by atoms with E-state index in [4.69, 9.17) is 4.99 Å². The normalized spacial score (nSPS) is 16.4. The fourth-order valence-electron chi connectivity index (χ4n) is 7.92. The molecule has 0 saturated heterocycles. The molecule has 51 heavy (non-hydrogen) atoms. The highest BCUT2D eigenvalue weighted by Crippen LogP contribution is 2.40. The summed E-state index contributed by atoms with van der Waals surface area (Å²) >= 11 is 3.72. The number of aliphatic imine (C=N–C) groups is 1. The summed E-state index contributed by atoms with van der Waals surface area (Å²) in [6, 6.07) is 57.1. The molecule has 0 aliphatic carbocycles. The number of hydrogen-bond donors (Lipinski definition) is 2. The van der Waals surface area contributed by atoms with Gasteiger partial charge in [-0.15, -0.1) is 22.7 Å². The number of aromatic nitrogens is 1. The highest BCUT2D eigenvalue weighted by atomic mass is 32.1. The van der Waals surface area contributed by atoms with Gasteiger partial charge < -0.3 is 9.88 Å². The lowest BCUT2D eigenvalue weighted by Crippen LogP contribution is -2.45. The number of amidine groups is 1. The molecular weight excluding hydrogens is 661 g/mol. The van der Waals surface area contributed by atoms with Gasteiger partial charge in [-0.1, -0.05) is 109 Å². The zero-order valence-corrected chi connectivity index (χ0v) is 29.0. The topological polar surface area (TPSA) is 41.4 Å². The van der Waals surface area contributed by atoms with Gasteiger partial charge in [0.2, 0.25) is 0 Å². The van der Waals surface area contributed by atoms with Crippen molar-refractivity contribution in [3.63, 3.8) is 0 Å². The molecule has 2 unspecified atom stereocenters. The van der Waals surface area contributed by atoms with Crippen LogP contribution in [0.4, 0.5) is 0 Å². The van der Waals surface area contributed by atoms with Gasteiger partial charge in [0, 0.05) is 67.9 Å². The first-order valence-electron chi connectivity index (χ1n) is 17.3. The zero-order valence-electron chi connectivity index (χ0n) is 27.4. The van der Waals surface area contributed by atoms with E-state index in [0.717, 1.165) is 17.0 Å². The average molecular weight is 691 g/mol. The molecule has 2 N–H and O–H groups in total. The van der Waals surface area contributed by atoms with Crippen LogP contribution in [0.25, 0.3) is 67.8 Å². The minimum Gasteiger partial charge on any atom is -0.350 e. The van der Waals surface area contributed by atoms with Gasteiger partial charge in [-0.2, -0.15) is 0 Å². The Bertz CT molecular complexity index is 3000. The molecule has 0 radical (unpaired) electrons. The Hall–Kier alpha value is -5.79. The molecule has 0 fully saturated rings. The monoisotopic (exact) mass is 690 g/mol. The van der Waals surface area contributed by atoms with Gasteiger partial charge >= 0.3 is 0 Å². The molecule has 2 atom stereocenters. The largest absolute Gasteiger partial charge is 0.350 e. The number of benzene rings is 7. The highest BCUT2D eigenvalue weighted by molar-refractivity contribution is 7.26. The molecule has 7 aromatic carbocycles. The first-order valence-corrected chi connectivity index (χ1v) is 18.9. The van der Waals surface area contributed by atoms with Crippen molar-refractivity contribution >= 4 is 90.7 Å². The van der Waals surface area contributed by atoms with Crippen LogP contribution in [-0.4, -0.2) is 10.4 Å². The van der Waals surface area contributed by atoms with Crippen LogP contribution in [0.1, 0.15) is 29.0 Å². The summed E-state index contributed by atoms with van der Waals surface area (Å²) in [5, 5.41) is 15.4. The average Bonchev–Trinajstić information content (AvgIpc) is 3.87. The third-order valence-electron chi connectivity index (χ3n) is 10.3. The molecule has 10 aromatic rings. The maximum absolute atomic E-state index is 5.32. The second-order valence-corrected chi connectivity index (χ2v) is 15.4. The molecule has 1 aliphatic rings. The van der Waals surface area contributed by atoms with Gasteiger partial charge in [-0.3, -0.25) is 5.32 Å². The second kappa shape index (κ2) is 11.4. The second-order valence-electron chi connectivity index (χ2n) is 13.2. The number of nitrogens with zero attached hydrogens (tertiary/aromatic N) is 2. The van der Waals surface area contributed by atoms with Crippen LogP contribution in [0.15, 0.2) is 163 Å². The summed E-state index contributed by atoms with van der Waals surface area (Å²) in [7, 11) is 0. The van der Waals surface area contributed by atoms with Crippen molar-refractivity contribution in [3.8, 4) is 5.69 Å². The third kappa shape index (κ3) is 4.58. The predicted octanol–water partition coefficient (Wildman–Crippen LogP) is 11.9. The van der Waals surface area contributed by atoms with Crippen molar-refractivity contribution in [3.05, 3.63) is 174 Å². The van der Waals surface area contributed by atoms with Crippen LogP contribution in [0.5, 0.6) is 0 Å². The Morgan fingerprint density at radius 1 is 0.510 bits per heavy atom. The number of thiophene rings is 2. The van der Waals surface area contributed by atoms with Gasteiger partial charge in [0.05, 0.1) is 11.0 Å². The van der Waals surface area contributed by atoms with Crippen LogP contribution >= 0.6 is 22.7 Å².